The van der Waals surface area contributed by atoms with Crippen molar-refractivity contribution in [2.45, 2.75) is 26.3 Å². The standard InChI is InChI=1S/C11H16N2O/c1-8(2)6-9-7-14-11-10(13-9)4-3-5-12-11/h3-5,8-9,13H,6-7H2,1-2H3. The zero-order valence-electron chi connectivity index (χ0n) is 8.66. The summed E-state index contributed by atoms with van der Waals surface area (Å²) in [6, 6.07) is 4.36. The van der Waals surface area contributed by atoms with Crippen LogP contribution >= 0.6 is 0 Å². The van der Waals surface area contributed by atoms with Crippen molar-refractivity contribution in [2.24, 2.45) is 5.92 Å². The minimum atomic E-state index is 0.423. The van der Waals surface area contributed by atoms with Crippen LogP contribution in [-0.2, 0) is 0 Å². The van der Waals surface area contributed by atoms with Crippen molar-refractivity contribution >= 4 is 5.69 Å². The van der Waals surface area contributed by atoms with Crippen molar-refractivity contribution in [3.05, 3.63) is 18.3 Å². The van der Waals surface area contributed by atoms with E-state index < -0.39 is 0 Å². The van der Waals surface area contributed by atoms with E-state index in [1.165, 1.54) is 0 Å². The fourth-order valence-corrected chi connectivity index (χ4v) is 1.75. The van der Waals surface area contributed by atoms with Gasteiger partial charge in [0, 0.05) is 6.20 Å². The van der Waals surface area contributed by atoms with E-state index in [1.807, 2.05) is 12.1 Å². The molecule has 1 aliphatic rings. The maximum Gasteiger partial charge on any atom is 0.237 e. The Bertz CT molecular complexity index is 312. The molecule has 2 rings (SSSR count). The van der Waals surface area contributed by atoms with Crippen LogP contribution in [0.4, 0.5) is 5.69 Å². The van der Waals surface area contributed by atoms with Crippen LogP contribution in [0.25, 0.3) is 0 Å². The van der Waals surface area contributed by atoms with Gasteiger partial charge in [-0.2, -0.15) is 0 Å². The average molecular weight is 192 g/mol. The number of hydrogen-bond acceptors (Lipinski definition) is 3. The molecule has 1 aromatic rings. The summed E-state index contributed by atoms with van der Waals surface area (Å²) in [6.45, 7) is 5.17. The Labute approximate surface area is 84.5 Å². The van der Waals surface area contributed by atoms with Crippen LogP contribution in [0.5, 0.6) is 5.88 Å². The summed E-state index contributed by atoms with van der Waals surface area (Å²) in [4.78, 5) is 4.15. The van der Waals surface area contributed by atoms with Crippen LogP contribution in [0.2, 0.25) is 0 Å². The fraction of sp³-hybridized carbons (Fsp3) is 0.545. The highest BCUT2D eigenvalue weighted by Crippen LogP contribution is 2.26. The van der Waals surface area contributed by atoms with Gasteiger partial charge in [-0.15, -0.1) is 0 Å². The van der Waals surface area contributed by atoms with E-state index in [2.05, 4.69) is 24.1 Å². The topological polar surface area (TPSA) is 34.1 Å². The number of ether oxygens (including phenoxy) is 1. The Morgan fingerprint density at radius 3 is 3.29 bits per heavy atom. The van der Waals surface area contributed by atoms with Crippen molar-refractivity contribution in [1.29, 1.82) is 0 Å². The predicted molar refractivity (Wildman–Crippen MR) is 56.6 cm³/mol. The first-order valence-electron chi connectivity index (χ1n) is 5.10. The summed E-state index contributed by atoms with van der Waals surface area (Å²) >= 11 is 0. The number of aromatic nitrogens is 1. The van der Waals surface area contributed by atoms with Gasteiger partial charge in [0.25, 0.3) is 0 Å². The first kappa shape index (κ1) is 9.31. The molecule has 1 N–H and O–H groups in total. The SMILES string of the molecule is CC(C)CC1COc2ncccc2N1. The van der Waals surface area contributed by atoms with Gasteiger partial charge in [0.15, 0.2) is 0 Å². The van der Waals surface area contributed by atoms with E-state index in [0.717, 1.165) is 24.6 Å². The highest BCUT2D eigenvalue weighted by Gasteiger charge is 2.19. The van der Waals surface area contributed by atoms with Crippen LogP contribution in [-0.4, -0.2) is 17.6 Å². The number of pyridine rings is 1. The largest absolute Gasteiger partial charge is 0.474 e. The van der Waals surface area contributed by atoms with Crippen molar-refractivity contribution < 1.29 is 4.74 Å². The minimum Gasteiger partial charge on any atom is -0.474 e. The van der Waals surface area contributed by atoms with Crippen molar-refractivity contribution in [3.8, 4) is 5.88 Å². The summed E-state index contributed by atoms with van der Waals surface area (Å²) in [6.07, 6.45) is 2.89. The maximum atomic E-state index is 5.56. The molecule has 0 aromatic carbocycles. The Balaban J connectivity index is 2.06. The highest BCUT2D eigenvalue weighted by molar-refractivity contribution is 5.54. The lowest BCUT2D eigenvalue weighted by Gasteiger charge is -2.27. The summed E-state index contributed by atoms with van der Waals surface area (Å²) in [5, 5.41) is 3.44. The lowest BCUT2D eigenvalue weighted by molar-refractivity contribution is 0.258. The summed E-state index contributed by atoms with van der Waals surface area (Å²) in [5.74, 6) is 1.42. The quantitative estimate of drug-likeness (QED) is 0.780. The monoisotopic (exact) mass is 192 g/mol. The fourth-order valence-electron chi connectivity index (χ4n) is 1.75. The Morgan fingerprint density at radius 2 is 2.50 bits per heavy atom. The smallest absolute Gasteiger partial charge is 0.237 e. The molecule has 76 valence electrons. The third-order valence-electron chi connectivity index (χ3n) is 2.31. The van der Waals surface area contributed by atoms with Gasteiger partial charge in [-0.05, 0) is 24.5 Å². The van der Waals surface area contributed by atoms with Crippen molar-refractivity contribution in [3.63, 3.8) is 0 Å². The molecule has 0 fully saturated rings. The zero-order valence-corrected chi connectivity index (χ0v) is 8.66. The van der Waals surface area contributed by atoms with Crippen LogP contribution in [0, 0.1) is 5.92 Å². The number of fused-ring (bicyclic) bond motifs is 1. The summed E-state index contributed by atoms with van der Waals surface area (Å²) < 4.78 is 5.56. The van der Waals surface area contributed by atoms with Gasteiger partial charge in [0.05, 0.1) is 11.7 Å². The average Bonchev–Trinajstić information content (AvgIpc) is 2.17. The Kier molecular flexibility index (Phi) is 2.57. The van der Waals surface area contributed by atoms with Crippen LogP contribution < -0.4 is 10.1 Å². The molecule has 0 saturated heterocycles. The third-order valence-corrected chi connectivity index (χ3v) is 2.31. The van der Waals surface area contributed by atoms with Crippen molar-refractivity contribution in [2.75, 3.05) is 11.9 Å². The van der Waals surface area contributed by atoms with Gasteiger partial charge in [0.1, 0.15) is 6.61 Å². The molecule has 1 atom stereocenters. The second kappa shape index (κ2) is 3.86. The summed E-state index contributed by atoms with van der Waals surface area (Å²) in [5.41, 5.74) is 1.02. The van der Waals surface area contributed by atoms with E-state index in [9.17, 15) is 0 Å². The van der Waals surface area contributed by atoms with E-state index in [1.54, 1.807) is 6.20 Å². The van der Waals surface area contributed by atoms with E-state index >= 15 is 0 Å². The van der Waals surface area contributed by atoms with Gasteiger partial charge < -0.3 is 10.1 Å². The molecule has 0 bridgehead atoms. The van der Waals surface area contributed by atoms with Gasteiger partial charge in [-0.1, -0.05) is 13.8 Å². The van der Waals surface area contributed by atoms with Crippen molar-refractivity contribution in [1.82, 2.24) is 4.98 Å². The molecule has 3 heteroatoms. The molecule has 1 unspecified atom stereocenters. The molecule has 1 aliphatic heterocycles. The lowest BCUT2D eigenvalue weighted by atomic mass is 10.0. The lowest BCUT2D eigenvalue weighted by Crippen LogP contribution is -2.32. The third kappa shape index (κ3) is 1.97. The maximum absolute atomic E-state index is 5.56. The molecule has 0 amide bonds. The van der Waals surface area contributed by atoms with Crippen LogP contribution in [0.3, 0.4) is 0 Å². The molecular formula is C11H16N2O. The normalized spacial score (nSPS) is 19.8. The first-order valence-corrected chi connectivity index (χ1v) is 5.10. The van der Waals surface area contributed by atoms with E-state index in [4.69, 9.17) is 4.74 Å². The number of anilines is 1. The molecule has 0 saturated carbocycles. The first-order chi connectivity index (χ1) is 6.75. The molecule has 3 nitrogen and oxygen atoms in total. The number of hydrogen-bond donors (Lipinski definition) is 1. The molecular weight excluding hydrogens is 176 g/mol. The molecule has 14 heavy (non-hydrogen) atoms. The highest BCUT2D eigenvalue weighted by atomic mass is 16.5. The van der Waals surface area contributed by atoms with E-state index in [0.29, 0.717) is 12.0 Å². The Morgan fingerprint density at radius 1 is 1.64 bits per heavy atom. The van der Waals surface area contributed by atoms with Crippen LogP contribution in [0.1, 0.15) is 20.3 Å². The predicted octanol–water partition coefficient (Wildman–Crippen LogP) is 2.30. The van der Waals surface area contributed by atoms with Gasteiger partial charge in [-0.3, -0.25) is 0 Å². The molecule has 1 aromatic heterocycles. The summed E-state index contributed by atoms with van der Waals surface area (Å²) in [7, 11) is 0. The Hall–Kier alpha value is -1.25. The second-order valence-corrected chi connectivity index (χ2v) is 4.14. The zero-order chi connectivity index (χ0) is 9.97. The number of rotatable bonds is 2. The van der Waals surface area contributed by atoms with E-state index in [-0.39, 0.29) is 0 Å². The molecule has 2 heterocycles. The van der Waals surface area contributed by atoms with Gasteiger partial charge in [-0.25, -0.2) is 4.98 Å². The number of nitrogens with one attached hydrogen (secondary N) is 1. The molecule has 0 radical (unpaired) electrons. The van der Waals surface area contributed by atoms with Crippen LogP contribution in [0.15, 0.2) is 18.3 Å². The van der Waals surface area contributed by atoms with Gasteiger partial charge >= 0.3 is 0 Å². The number of nitrogens with zero attached hydrogens (tertiary/aromatic N) is 1. The second-order valence-electron chi connectivity index (χ2n) is 4.14. The van der Waals surface area contributed by atoms with Gasteiger partial charge in [0.2, 0.25) is 5.88 Å². The molecule has 0 aliphatic carbocycles. The minimum absolute atomic E-state index is 0.423. The molecule has 0 spiro atoms.